The van der Waals surface area contributed by atoms with Crippen molar-refractivity contribution in [3.8, 4) is 0 Å². The quantitative estimate of drug-likeness (QED) is 0.703. The molecule has 26 heavy (non-hydrogen) atoms. The van der Waals surface area contributed by atoms with E-state index in [1.165, 1.54) is 13.0 Å². The highest BCUT2D eigenvalue weighted by molar-refractivity contribution is 5.67. The SMILES string of the molecule is Cc1c(C=CCCNC(=O)OCc2ccccc2)cccc1C(F)(F)F. The first-order valence-electron chi connectivity index (χ1n) is 8.16. The predicted octanol–water partition coefficient (Wildman–Crippen LogP) is 5.34. The van der Waals surface area contributed by atoms with E-state index in [9.17, 15) is 18.0 Å². The second-order valence-electron chi connectivity index (χ2n) is 5.70. The molecule has 0 saturated carbocycles. The Bertz CT molecular complexity index is 755. The lowest BCUT2D eigenvalue weighted by Crippen LogP contribution is -2.24. The van der Waals surface area contributed by atoms with Crippen LogP contribution in [0.4, 0.5) is 18.0 Å². The lowest BCUT2D eigenvalue weighted by molar-refractivity contribution is -0.138. The molecule has 0 aliphatic rings. The number of carbonyl (C=O) groups is 1. The molecule has 1 amide bonds. The van der Waals surface area contributed by atoms with Crippen LogP contribution in [0.5, 0.6) is 0 Å². The zero-order valence-electron chi connectivity index (χ0n) is 14.3. The first-order chi connectivity index (χ1) is 12.4. The smallest absolute Gasteiger partial charge is 0.416 e. The number of nitrogens with one attached hydrogen (secondary N) is 1. The summed E-state index contributed by atoms with van der Waals surface area (Å²) in [5.74, 6) is 0. The fourth-order valence-electron chi connectivity index (χ4n) is 2.38. The van der Waals surface area contributed by atoms with Gasteiger partial charge in [-0.05, 0) is 36.1 Å². The number of rotatable bonds is 6. The van der Waals surface area contributed by atoms with Crippen molar-refractivity contribution in [3.05, 3.63) is 76.9 Å². The van der Waals surface area contributed by atoms with E-state index in [4.69, 9.17) is 4.74 Å². The molecule has 0 heterocycles. The van der Waals surface area contributed by atoms with E-state index < -0.39 is 17.8 Å². The van der Waals surface area contributed by atoms with Crippen LogP contribution in [0.3, 0.4) is 0 Å². The number of benzene rings is 2. The molecule has 2 aromatic carbocycles. The molecule has 0 atom stereocenters. The molecule has 138 valence electrons. The number of carbonyl (C=O) groups excluding carboxylic acids is 1. The highest BCUT2D eigenvalue weighted by Crippen LogP contribution is 2.33. The van der Waals surface area contributed by atoms with Crippen LogP contribution in [0.15, 0.2) is 54.6 Å². The van der Waals surface area contributed by atoms with Gasteiger partial charge in [-0.15, -0.1) is 0 Å². The first kappa shape index (κ1) is 19.6. The minimum atomic E-state index is -4.36. The third-order valence-corrected chi connectivity index (χ3v) is 3.77. The highest BCUT2D eigenvalue weighted by Gasteiger charge is 2.32. The molecule has 0 aromatic heterocycles. The number of amides is 1. The van der Waals surface area contributed by atoms with Crippen LogP contribution >= 0.6 is 0 Å². The number of alkyl carbamates (subject to hydrolysis) is 1. The molecular formula is C20H20F3NO2. The summed E-state index contributed by atoms with van der Waals surface area (Å²) >= 11 is 0. The Morgan fingerprint density at radius 2 is 1.85 bits per heavy atom. The van der Waals surface area contributed by atoms with E-state index in [0.717, 1.165) is 11.6 Å². The monoisotopic (exact) mass is 363 g/mol. The van der Waals surface area contributed by atoms with Crippen LogP contribution in [0, 0.1) is 6.92 Å². The Labute approximate surface area is 150 Å². The summed E-state index contributed by atoms with van der Waals surface area (Å²) in [4.78, 5) is 11.6. The molecule has 0 fully saturated rings. The van der Waals surface area contributed by atoms with Crippen LogP contribution in [0.25, 0.3) is 6.08 Å². The van der Waals surface area contributed by atoms with Crippen molar-refractivity contribution in [1.29, 1.82) is 0 Å². The van der Waals surface area contributed by atoms with E-state index in [2.05, 4.69) is 5.32 Å². The third-order valence-electron chi connectivity index (χ3n) is 3.77. The average Bonchev–Trinajstić information content (AvgIpc) is 2.61. The number of hydrogen-bond donors (Lipinski definition) is 1. The van der Waals surface area contributed by atoms with Gasteiger partial charge in [0.15, 0.2) is 0 Å². The topological polar surface area (TPSA) is 38.3 Å². The summed E-state index contributed by atoms with van der Waals surface area (Å²) in [6.07, 6.45) is -1.06. The Morgan fingerprint density at radius 3 is 2.54 bits per heavy atom. The number of alkyl halides is 3. The molecule has 2 aromatic rings. The molecule has 0 unspecified atom stereocenters. The lowest BCUT2D eigenvalue weighted by Gasteiger charge is -2.11. The maximum Gasteiger partial charge on any atom is 0.416 e. The van der Waals surface area contributed by atoms with Gasteiger partial charge in [0.1, 0.15) is 6.61 Å². The van der Waals surface area contributed by atoms with Gasteiger partial charge in [-0.3, -0.25) is 0 Å². The van der Waals surface area contributed by atoms with E-state index in [-0.39, 0.29) is 12.2 Å². The summed E-state index contributed by atoms with van der Waals surface area (Å²) in [5, 5.41) is 2.60. The van der Waals surface area contributed by atoms with E-state index >= 15 is 0 Å². The Balaban J connectivity index is 1.77. The zero-order chi connectivity index (χ0) is 19.0. The van der Waals surface area contributed by atoms with Crippen LogP contribution in [0.1, 0.15) is 28.7 Å². The number of hydrogen-bond acceptors (Lipinski definition) is 2. The summed E-state index contributed by atoms with van der Waals surface area (Å²) in [6, 6.07) is 13.4. The van der Waals surface area contributed by atoms with Crippen LogP contribution < -0.4 is 5.32 Å². The third kappa shape index (κ3) is 5.95. The number of halogens is 3. The summed E-state index contributed by atoms with van der Waals surface area (Å²) in [7, 11) is 0. The standard InChI is InChI=1S/C20H20F3NO2/c1-15-17(11-7-12-18(15)20(21,22)23)10-5-6-13-24-19(25)26-14-16-8-3-2-4-9-16/h2-5,7-12H,6,13-14H2,1H3,(H,24,25). The fourth-order valence-corrected chi connectivity index (χ4v) is 2.38. The molecule has 0 radical (unpaired) electrons. The lowest BCUT2D eigenvalue weighted by atomic mass is 10.0. The van der Waals surface area contributed by atoms with Crippen molar-refractivity contribution in [1.82, 2.24) is 5.32 Å². The average molecular weight is 363 g/mol. The molecule has 3 nitrogen and oxygen atoms in total. The van der Waals surface area contributed by atoms with Crippen molar-refractivity contribution in [2.24, 2.45) is 0 Å². The normalized spacial score (nSPS) is 11.5. The molecule has 0 bridgehead atoms. The Morgan fingerprint density at radius 1 is 1.12 bits per heavy atom. The zero-order valence-corrected chi connectivity index (χ0v) is 14.3. The molecule has 2 rings (SSSR count). The maximum absolute atomic E-state index is 12.9. The maximum atomic E-state index is 12.9. The minimum absolute atomic E-state index is 0.186. The van der Waals surface area contributed by atoms with Gasteiger partial charge < -0.3 is 10.1 Å². The molecule has 6 heteroatoms. The molecule has 0 aliphatic carbocycles. The summed E-state index contributed by atoms with van der Waals surface area (Å²) < 4.78 is 43.7. The minimum Gasteiger partial charge on any atom is -0.445 e. The van der Waals surface area contributed by atoms with E-state index in [1.807, 2.05) is 30.3 Å². The molecule has 0 spiro atoms. The van der Waals surface area contributed by atoms with Crippen molar-refractivity contribution < 1.29 is 22.7 Å². The second-order valence-corrected chi connectivity index (χ2v) is 5.70. The van der Waals surface area contributed by atoms with Gasteiger partial charge in [0.2, 0.25) is 0 Å². The van der Waals surface area contributed by atoms with Crippen LogP contribution in [-0.4, -0.2) is 12.6 Å². The van der Waals surface area contributed by atoms with Gasteiger partial charge in [-0.25, -0.2) is 4.79 Å². The predicted molar refractivity (Wildman–Crippen MR) is 94.5 cm³/mol. The van der Waals surface area contributed by atoms with Gasteiger partial charge in [-0.1, -0.05) is 54.6 Å². The molecule has 1 N–H and O–H groups in total. The van der Waals surface area contributed by atoms with Crippen molar-refractivity contribution in [2.75, 3.05) is 6.54 Å². The van der Waals surface area contributed by atoms with Crippen LogP contribution in [0.2, 0.25) is 0 Å². The van der Waals surface area contributed by atoms with Crippen molar-refractivity contribution in [3.63, 3.8) is 0 Å². The summed E-state index contributed by atoms with van der Waals surface area (Å²) in [6.45, 7) is 1.97. The second kappa shape index (κ2) is 9.08. The van der Waals surface area contributed by atoms with E-state index in [1.54, 1.807) is 18.2 Å². The summed E-state index contributed by atoms with van der Waals surface area (Å²) in [5.41, 5.74) is 0.947. The molecule has 0 saturated heterocycles. The first-order valence-corrected chi connectivity index (χ1v) is 8.16. The van der Waals surface area contributed by atoms with E-state index in [0.29, 0.717) is 18.5 Å². The largest absolute Gasteiger partial charge is 0.445 e. The van der Waals surface area contributed by atoms with Gasteiger partial charge >= 0.3 is 12.3 Å². The van der Waals surface area contributed by atoms with Crippen molar-refractivity contribution in [2.45, 2.75) is 26.1 Å². The number of ether oxygens (including phenoxy) is 1. The fraction of sp³-hybridized carbons (Fsp3) is 0.250. The molecular weight excluding hydrogens is 343 g/mol. The Hall–Kier alpha value is -2.76. The van der Waals surface area contributed by atoms with Crippen molar-refractivity contribution >= 4 is 12.2 Å². The highest BCUT2D eigenvalue weighted by atomic mass is 19.4. The van der Waals surface area contributed by atoms with Crippen LogP contribution in [-0.2, 0) is 17.5 Å². The van der Waals surface area contributed by atoms with Gasteiger partial charge in [0.05, 0.1) is 5.56 Å². The molecule has 0 aliphatic heterocycles. The Kier molecular flexibility index (Phi) is 6.83. The van der Waals surface area contributed by atoms with Gasteiger partial charge in [-0.2, -0.15) is 13.2 Å². The van der Waals surface area contributed by atoms with Gasteiger partial charge in [0.25, 0.3) is 0 Å². The van der Waals surface area contributed by atoms with Gasteiger partial charge in [0, 0.05) is 6.54 Å².